The summed E-state index contributed by atoms with van der Waals surface area (Å²) in [7, 11) is 0. The topological polar surface area (TPSA) is 32.3 Å². The highest BCUT2D eigenvalue weighted by Crippen LogP contribution is 2.36. The summed E-state index contributed by atoms with van der Waals surface area (Å²) in [6.45, 7) is 2.29. The number of benzene rings is 1. The second kappa shape index (κ2) is 5.17. The van der Waals surface area contributed by atoms with Gasteiger partial charge in [-0.3, -0.25) is 0 Å². The van der Waals surface area contributed by atoms with E-state index < -0.39 is 0 Å². The third kappa shape index (κ3) is 2.75. The van der Waals surface area contributed by atoms with Crippen LogP contribution in [0, 0.1) is 5.82 Å². The summed E-state index contributed by atoms with van der Waals surface area (Å²) < 4.78 is 13.2. The van der Waals surface area contributed by atoms with E-state index in [0.717, 1.165) is 22.6 Å². The monoisotopic (exact) mass is 241 g/mol. The first kappa shape index (κ1) is 11.9. The Labute approximate surface area is 99.2 Å². The van der Waals surface area contributed by atoms with Gasteiger partial charge in [-0.2, -0.15) is 0 Å². The van der Waals surface area contributed by atoms with Gasteiger partial charge < -0.3 is 10.4 Å². The van der Waals surface area contributed by atoms with Gasteiger partial charge in [-0.05, 0) is 42.9 Å². The Morgan fingerprint density at radius 3 is 3.19 bits per heavy atom. The van der Waals surface area contributed by atoms with Gasteiger partial charge in [0, 0.05) is 17.5 Å². The van der Waals surface area contributed by atoms with Crippen molar-refractivity contribution in [1.29, 1.82) is 0 Å². The number of hydrogen-bond acceptors (Lipinski definition) is 3. The fourth-order valence-electron chi connectivity index (χ4n) is 1.89. The van der Waals surface area contributed by atoms with Gasteiger partial charge in [0.2, 0.25) is 0 Å². The lowest BCUT2D eigenvalue weighted by Crippen LogP contribution is -2.30. The minimum Gasteiger partial charge on any atom is -0.392 e. The fourth-order valence-corrected chi connectivity index (χ4v) is 3.00. The minimum atomic E-state index is -0.369. The van der Waals surface area contributed by atoms with Crippen LogP contribution in [0.2, 0.25) is 0 Å². The quantitative estimate of drug-likeness (QED) is 0.852. The van der Waals surface area contributed by atoms with E-state index in [1.807, 2.05) is 6.07 Å². The van der Waals surface area contributed by atoms with Gasteiger partial charge in [-0.1, -0.05) is 0 Å². The number of aliphatic hydroxyl groups excluding tert-OH is 1. The summed E-state index contributed by atoms with van der Waals surface area (Å²) in [6.07, 6.45) is 0.611. The van der Waals surface area contributed by atoms with Crippen molar-refractivity contribution in [1.82, 2.24) is 5.32 Å². The number of halogens is 1. The Balaban J connectivity index is 2.15. The number of fused-ring (bicyclic) bond motifs is 1. The second-order valence-electron chi connectivity index (χ2n) is 4.13. The van der Waals surface area contributed by atoms with E-state index in [2.05, 4.69) is 5.32 Å². The maximum Gasteiger partial charge on any atom is 0.123 e. The van der Waals surface area contributed by atoms with E-state index in [0.29, 0.717) is 6.54 Å². The molecule has 4 heteroatoms. The molecule has 0 aromatic heterocycles. The van der Waals surface area contributed by atoms with Crippen molar-refractivity contribution in [3.8, 4) is 0 Å². The van der Waals surface area contributed by atoms with Crippen molar-refractivity contribution in [3.63, 3.8) is 0 Å². The molecule has 2 rings (SSSR count). The molecule has 2 atom stereocenters. The van der Waals surface area contributed by atoms with Gasteiger partial charge in [0.05, 0.1) is 6.10 Å². The van der Waals surface area contributed by atoms with Gasteiger partial charge in [-0.25, -0.2) is 4.39 Å². The van der Waals surface area contributed by atoms with Crippen LogP contribution in [0.15, 0.2) is 23.1 Å². The Morgan fingerprint density at radius 2 is 2.44 bits per heavy atom. The van der Waals surface area contributed by atoms with Crippen LogP contribution >= 0.6 is 11.8 Å². The van der Waals surface area contributed by atoms with Crippen molar-refractivity contribution in [3.05, 3.63) is 29.6 Å². The fraction of sp³-hybridized carbons (Fsp3) is 0.500. The number of hydrogen-bond donors (Lipinski definition) is 2. The van der Waals surface area contributed by atoms with Crippen molar-refractivity contribution < 1.29 is 9.50 Å². The highest BCUT2D eigenvalue weighted by atomic mass is 32.2. The molecular formula is C12H16FNOS. The highest BCUT2D eigenvalue weighted by molar-refractivity contribution is 7.99. The van der Waals surface area contributed by atoms with E-state index in [9.17, 15) is 9.50 Å². The largest absolute Gasteiger partial charge is 0.392 e. The second-order valence-corrected chi connectivity index (χ2v) is 5.27. The van der Waals surface area contributed by atoms with Crippen molar-refractivity contribution in [2.75, 3.05) is 12.3 Å². The van der Waals surface area contributed by atoms with Gasteiger partial charge in [0.1, 0.15) is 5.82 Å². The predicted molar refractivity (Wildman–Crippen MR) is 64.2 cm³/mol. The number of aliphatic hydroxyl groups is 1. The van der Waals surface area contributed by atoms with Crippen molar-refractivity contribution >= 4 is 11.8 Å². The van der Waals surface area contributed by atoms with Crippen LogP contribution in [0.25, 0.3) is 0 Å². The van der Waals surface area contributed by atoms with Crippen LogP contribution in [-0.2, 0) is 0 Å². The zero-order valence-electron chi connectivity index (χ0n) is 9.24. The van der Waals surface area contributed by atoms with Gasteiger partial charge in [0.25, 0.3) is 0 Å². The average Bonchev–Trinajstić information content (AvgIpc) is 2.26. The van der Waals surface area contributed by atoms with Crippen molar-refractivity contribution in [2.24, 2.45) is 0 Å². The molecule has 0 fully saturated rings. The molecule has 0 bridgehead atoms. The van der Waals surface area contributed by atoms with Gasteiger partial charge >= 0.3 is 0 Å². The molecule has 1 aliphatic heterocycles. The van der Waals surface area contributed by atoms with Gasteiger partial charge in [-0.15, -0.1) is 11.8 Å². The standard InChI is InChI=1S/C12H16FNOS/c1-8(15)7-14-11-4-5-16-12-3-2-9(13)6-10(11)12/h2-3,6,8,11,14-15H,4-5,7H2,1H3. The van der Waals surface area contributed by atoms with Crippen molar-refractivity contribution in [2.45, 2.75) is 30.4 Å². The van der Waals surface area contributed by atoms with E-state index in [4.69, 9.17) is 0 Å². The summed E-state index contributed by atoms with van der Waals surface area (Å²) in [4.78, 5) is 1.15. The molecule has 16 heavy (non-hydrogen) atoms. The third-order valence-corrected chi connectivity index (χ3v) is 3.79. The van der Waals surface area contributed by atoms with Crippen LogP contribution in [0.1, 0.15) is 24.9 Å². The minimum absolute atomic E-state index is 0.168. The first-order valence-corrected chi connectivity index (χ1v) is 6.49. The Bertz CT molecular complexity index is 370. The van der Waals surface area contributed by atoms with Crippen LogP contribution in [-0.4, -0.2) is 23.5 Å². The zero-order valence-corrected chi connectivity index (χ0v) is 10.1. The predicted octanol–water partition coefficient (Wildman–Crippen LogP) is 2.33. The molecular weight excluding hydrogens is 225 g/mol. The van der Waals surface area contributed by atoms with E-state index in [1.165, 1.54) is 6.07 Å². The summed E-state index contributed by atoms with van der Waals surface area (Å²) in [6, 6.07) is 5.11. The Morgan fingerprint density at radius 1 is 1.62 bits per heavy atom. The lowest BCUT2D eigenvalue weighted by molar-refractivity contribution is 0.185. The Kier molecular flexibility index (Phi) is 3.84. The molecule has 0 saturated carbocycles. The van der Waals surface area contributed by atoms with Crippen LogP contribution < -0.4 is 5.32 Å². The maximum atomic E-state index is 13.2. The lowest BCUT2D eigenvalue weighted by atomic mass is 10.0. The lowest BCUT2D eigenvalue weighted by Gasteiger charge is -2.26. The smallest absolute Gasteiger partial charge is 0.123 e. The number of thioether (sulfide) groups is 1. The molecule has 0 aliphatic carbocycles. The first-order chi connectivity index (χ1) is 7.66. The Hall–Kier alpha value is -0.580. The third-order valence-electron chi connectivity index (χ3n) is 2.67. The molecule has 1 aromatic rings. The van der Waals surface area contributed by atoms with E-state index in [1.54, 1.807) is 24.8 Å². The highest BCUT2D eigenvalue weighted by Gasteiger charge is 2.20. The molecule has 0 amide bonds. The molecule has 2 unspecified atom stereocenters. The first-order valence-electron chi connectivity index (χ1n) is 5.50. The molecule has 0 radical (unpaired) electrons. The molecule has 1 aliphatic rings. The van der Waals surface area contributed by atoms with E-state index >= 15 is 0 Å². The normalized spacial score (nSPS) is 21.6. The van der Waals surface area contributed by atoms with Crippen LogP contribution in [0.3, 0.4) is 0 Å². The SMILES string of the molecule is CC(O)CNC1CCSc2ccc(F)cc21. The molecule has 1 aromatic carbocycles. The van der Waals surface area contributed by atoms with Gasteiger partial charge in [0.15, 0.2) is 0 Å². The zero-order chi connectivity index (χ0) is 11.5. The molecule has 2 N–H and O–H groups in total. The maximum absolute atomic E-state index is 13.2. The molecule has 2 nitrogen and oxygen atoms in total. The molecule has 0 spiro atoms. The molecule has 1 heterocycles. The summed E-state index contributed by atoms with van der Waals surface area (Å²) in [5.41, 5.74) is 1.02. The average molecular weight is 241 g/mol. The molecule has 0 saturated heterocycles. The summed E-state index contributed by atoms with van der Waals surface area (Å²) in [5, 5.41) is 12.5. The number of nitrogens with one attached hydrogen (secondary N) is 1. The van der Waals surface area contributed by atoms with Crippen LogP contribution in [0.5, 0.6) is 0 Å². The molecule has 88 valence electrons. The summed E-state index contributed by atoms with van der Waals surface area (Å²) in [5.74, 6) is 0.848. The number of rotatable bonds is 3. The summed E-state index contributed by atoms with van der Waals surface area (Å²) >= 11 is 1.77. The van der Waals surface area contributed by atoms with E-state index in [-0.39, 0.29) is 18.0 Å². The van der Waals surface area contributed by atoms with Crippen LogP contribution in [0.4, 0.5) is 4.39 Å².